The molecule has 0 amide bonds. The fourth-order valence-corrected chi connectivity index (χ4v) is 1.88. The van der Waals surface area contributed by atoms with E-state index in [0.29, 0.717) is 0 Å². The van der Waals surface area contributed by atoms with Crippen LogP contribution in [0.1, 0.15) is 0 Å². The molecule has 3 rings (SSSR count). The Bertz CT molecular complexity index is 610. The summed E-state index contributed by atoms with van der Waals surface area (Å²) in [6, 6.07) is 21.4. The molecule has 0 aliphatic carbocycles. The molecule has 0 aliphatic rings. The summed E-state index contributed by atoms with van der Waals surface area (Å²) < 4.78 is 22.5. The molecule has 0 aliphatic heterocycles. The largest absolute Gasteiger partial charge is 0.0616 e. The number of rotatable bonds is 0. The molecule has 0 heterocycles. The minimum atomic E-state index is 0. The molecular weight excluding hydrogens is 307 g/mol. The third kappa shape index (κ3) is 5.83. The maximum Gasteiger partial charge on any atom is 0 e. The van der Waals surface area contributed by atoms with Crippen molar-refractivity contribution in [1.82, 2.24) is 0 Å². The van der Waals surface area contributed by atoms with Gasteiger partial charge in [-0.15, -0.1) is 0 Å². The Morgan fingerprint density at radius 1 is 0.476 bits per heavy atom. The van der Waals surface area contributed by atoms with Crippen molar-refractivity contribution < 1.29 is 31.0 Å². The van der Waals surface area contributed by atoms with Gasteiger partial charge in [0.15, 0.2) is 0 Å². The van der Waals surface area contributed by atoms with E-state index in [1.165, 1.54) is 21.5 Å². The normalized spacial score (nSPS) is 7.52. The van der Waals surface area contributed by atoms with Gasteiger partial charge in [-0.25, -0.2) is 0 Å². The van der Waals surface area contributed by atoms with Crippen LogP contribution in [0.15, 0.2) is 60.7 Å². The molecule has 21 heavy (non-hydrogen) atoms. The van der Waals surface area contributed by atoms with Crippen LogP contribution in [0.5, 0.6) is 0 Å². The summed E-state index contributed by atoms with van der Waals surface area (Å²) in [6.07, 6.45) is 0. The van der Waals surface area contributed by atoms with Crippen molar-refractivity contribution >= 4 is 21.5 Å². The Hall–Kier alpha value is -2.08. The monoisotopic (exact) mass is 317 g/mol. The zero-order valence-corrected chi connectivity index (χ0v) is 12.1. The second kappa shape index (κ2) is 12.9. The molecular formula is C17H10MnO3. The van der Waals surface area contributed by atoms with Crippen molar-refractivity contribution in [2.45, 2.75) is 0 Å². The van der Waals surface area contributed by atoms with Crippen LogP contribution in [0.25, 0.3) is 21.5 Å². The van der Waals surface area contributed by atoms with Crippen LogP contribution >= 0.6 is 0 Å². The van der Waals surface area contributed by atoms with Gasteiger partial charge in [0.2, 0.25) is 0 Å². The predicted molar refractivity (Wildman–Crippen MR) is 73.2 cm³/mol. The summed E-state index contributed by atoms with van der Waals surface area (Å²) in [5.74, 6) is 0. The molecule has 3 aromatic carbocycles. The van der Waals surface area contributed by atoms with E-state index in [-0.39, 0.29) is 17.1 Å². The summed E-state index contributed by atoms with van der Waals surface area (Å²) in [4.78, 5) is 0. The molecule has 0 spiro atoms. The Labute approximate surface area is 133 Å². The molecule has 103 valence electrons. The van der Waals surface area contributed by atoms with Gasteiger partial charge in [0.1, 0.15) is 0 Å². The van der Waals surface area contributed by atoms with E-state index >= 15 is 0 Å². The molecule has 0 fully saturated rings. The van der Waals surface area contributed by atoms with E-state index in [9.17, 15) is 0 Å². The van der Waals surface area contributed by atoms with Gasteiger partial charge in [0.25, 0.3) is 0 Å². The third-order valence-corrected chi connectivity index (χ3v) is 2.61. The number of fused-ring (bicyclic) bond motifs is 2. The van der Waals surface area contributed by atoms with Crippen LogP contribution in [0.4, 0.5) is 0 Å². The van der Waals surface area contributed by atoms with E-state index < -0.39 is 0 Å². The van der Waals surface area contributed by atoms with E-state index in [1.54, 1.807) is 0 Å². The van der Waals surface area contributed by atoms with E-state index in [2.05, 4.69) is 80.6 Å². The van der Waals surface area contributed by atoms with Gasteiger partial charge in [-0.3, -0.25) is 0 Å². The predicted octanol–water partition coefficient (Wildman–Crippen LogP) is 3.88. The quantitative estimate of drug-likeness (QED) is 0.261. The molecule has 0 atom stereocenters. The average molecular weight is 317 g/mol. The van der Waals surface area contributed by atoms with Crippen molar-refractivity contribution in [2.24, 2.45) is 0 Å². The van der Waals surface area contributed by atoms with Crippen LogP contribution in [-0.4, -0.2) is 0 Å². The summed E-state index contributed by atoms with van der Waals surface area (Å²) in [5, 5.41) is 5.25. The van der Waals surface area contributed by atoms with Gasteiger partial charge in [-0.05, 0) is 33.7 Å². The molecule has 4 heteroatoms. The van der Waals surface area contributed by atoms with Gasteiger partial charge in [-0.2, -0.15) is 0 Å². The average Bonchev–Trinajstić information content (AvgIpc) is 2.58. The first-order chi connectivity index (χ1) is 9.93. The van der Waals surface area contributed by atoms with Gasteiger partial charge in [0.05, 0.1) is 0 Å². The molecule has 0 N–H and O–H groups in total. The molecule has 0 bridgehead atoms. The van der Waals surface area contributed by atoms with Crippen molar-refractivity contribution in [3.8, 4) is 0 Å². The summed E-state index contributed by atoms with van der Waals surface area (Å²) >= 11 is 0. The molecule has 1 radical (unpaired) electrons. The Kier molecular flexibility index (Phi) is 13.1. The summed E-state index contributed by atoms with van der Waals surface area (Å²) in [6.45, 7) is 13.5. The maximum absolute atomic E-state index is 7.50. The van der Waals surface area contributed by atoms with Gasteiger partial charge in [-0.1, -0.05) is 48.5 Å². The van der Waals surface area contributed by atoms with Crippen LogP contribution < -0.4 is 0 Å². The number of hydrogen-bond acceptors (Lipinski definition) is 0. The van der Waals surface area contributed by atoms with Gasteiger partial charge < -0.3 is 0 Å². The first-order valence-electron chi connectivity index (χ1n) is 5.42. The third-order valence-electron chi connectivity index (χ3n) is 2.61. The van der Waals surface area contributed by atoms with Gasteiger partial charge >= 0.3 is 33.9 Å². The fraction of sp³-hybridized carbons (Fsp3) is 0. The molecule has 0 unspecified atom stereocenters. The second-order valence-corrected chi connectivity index (χ2v) is 3.55. The Balaban J connectivity index is 0. The van der Waals surface area contributed by atoms with Crippen molar-refractivity contribution in [3.63, 3.8) is 0 Å². The smallest absolute Gasteiger partial charge is 0 e. The molecule has 0 saturated heterocycles. The van der Waals surface area contributed by atoms with Crippen LogP contribution in [0.2, 0.25) is 0 Å². The topological polar surface area (TPSA) is 59.7 Å². The SMILES string of the molecule is [C-]#[O+].[C-]#[O+].[C-]#[O+].[Mn].c1ccc2cc3ccccc3cc2c1. The number of hydrogen-bond donors (Lipinski definition) is 0. The zero-order chi connectivity index (χ0) is 15.4. The van der Waals surface area contributed by atoms with Gasteiger partial charge in [0, 0.05) is 17.1 Å². The van der Waals surface area contributed by atoms with Crippen molar-refractivity contribution in [1.29, 1.82) is 0 Å². The standard InChI is InChI=1S/C14H10.3CO.Mn/c1-2-6-12-10-14-8-4-3-7-13(14)9-11(12)5-1;3*1-2;/h1-10H;;;;. The van der Waals surface area contributed by atoms with Crippen LogP contribution in [-0.2, 0) is 31.0 Å². The minimum absolute atomic E-state index is 0. The van der Waals surface area contributed by atoms with E-state index in [0.717, 1.165) is 0 Å². The molecule has 3 nitrogen and oxygen atoms in total. The Morgan fingerprint density at radius 3 is 0.857 bits per heavy atom. The molecule has 0 saturated carbocycles. The zero-order valence-electron chi connectivity index (χ0n) is 10.9. The second-order valence-electron chi connectivity index (χ2n) is 3.55. The molecule has 0 aromatic heterocycles. The minimum Gasteiger partial charge on any atom is -0.0616 e. The molecule has 3 aromatic rings. The number of benzene rings is 3. The first kappa shape index (κ1) is 21.2. The van der Waals surface area contributed by atoms with Crippen molar-refractivity contribution in [3.05, 3.63) is 80.6 Å². The van der Waals surface area contributed by atoms with Crippen LogP contribution in [0, 0.1) is 20.0 Å². The fourth-order valence-electron chi connectivity index (χ4n) is 1.88. The summed E-state index contributed by atoms with van der Waals surface area (Å²) in [5.41, 5.74) is 0. The van der Waals surface area contributed by atoms with E-state index in [1.807, 2.05) is 0 Å². The van der Waals surface area contributed by atoms with E-state index in [4.69, 9.17) is 14.0 Å². The maximum atomic E-state index is 7.50. The summed E-state index contributed by atoms with van der Waals surface area (Å²) in [7, 11) is 0. The Morgan fingerprint density at radius 2 is 0.667 bits per heavy atom. The van der Waals surface area contributed by atoms with Crippen molar-refractivity contribution in [2.75, 3.05) is 0 Å². The first-order valence-corrected chi connectivity index (χ1v) is 5.42. The van der Waals surface area contributed by atoms with Crippen LogP contribution in [0.3, 0.4) is 0 Å².